The van der Waals surface area contributed by atoms with Crippen LogP contribution in [0.1, 0.15) is 19.3 Å². The van der Waals surface area contributed by atoms with Crippen molar-refractivity contribution in [1.82, 2.24) is 5.32 Å². The highest BCUT2D eigenvalue weighted by Crippen LogP contribution is 2.19. The minimum atomic E-state index is -1.01. The number of carboxylic acid groups (broad SMARTS) is 1. The van der Waals surface area contributed by atoms with Gasteiger partial charge in [-0.2, -0.15) is 0 Å². The Bertz CT molecular complexity index is 296. The molecule has 0 aromatic carbocycles. The van der Waals surface area contributed by atoms with Crippen LogP contribution in [-0.2, 0) is 23.8 Å². The SMILES string of the molecule is COCCOCCCNC(=O)[C@@H]1CC[C@H](C(=O)O)O1. The third-order valence-electron chi connectivity index (χ3n) is 2.78. The molecule has 1 saturated heterocycles. The van der Waals surface area contributed by atoms with Crippen molar-refractivity contribution >= 4 is 11.9 Å². The van der Waals surface area contributed by atoms with Gasteiger partial charge in [-0.1, -0.05) is 0 Å². The lowest BCUT2D eigenvalue weighted by atomic mass is 10.2. The molecule has 1 aliphatic heterocycles. The molecule has 0 aromatic rings. The van der Waals surface area contributed by atoms with E-state index in [2.05, 4.69) is 5.32 Å². The van der Waals surface area contributed by atoms with Crippen molar-refractivity contribution < 1.29 is 28.9 Å². The van der Waals surface area contributed by atoms with Gasteiger partial charge < -0.3 is 24.6 Å². The molecule has 0 radical (unpaired) electrons. The number of rotatable bonds is 9. The topological polar surface area (TPSA) is 94.1 Å². The van der Waals surface area contributed by atoms with Crippen molar-refractivity contribution in [3.63, 3.8) is 0 Å². The summed E-state index contributed by atoms with van der Waals surface area (Å²) in [7, 11) is 1.61. The molecule has 0 aromatic heterocycles. The molecule has 0 spiro atoms. The molecule has 2 N–H and O–H groups in total. The summed E-state index contributed by atoms with van der Waals surface area (Å²) in [6.45, 7) is 2.13. The van der Waals surface area contributed by atoms with Gasteiger partial charge in [0.2, 0.25) is 5.91 Å². The summed E-state index contributed by atoms with van der Waals surface area (Å²) in [5.41, 5.74) is 0. The number of methoxy groups -OCH3 is 1. The molecule has 0 aliphatic carbocycles. The Labute approximate surface area is 112 Å². The van der Waals surface area contributed by atoms with Gasteiger partial charge in [0.05, 0.1) is 13.2 Å². The van der Waals surface area contributed by atoms with Crippen LogP contribution in [0.2, 0.25) is 0 Å². The lowest BCUT2D eigenvalue weighted by Gasteiger charge is -2.11. The van der Waals surface area contributed by atoms with Crippen LogP contribution in [-0.4, -0.2) is 62.7 Å². The number of amides is 1. The number of hydrogen-bond donors (Lipinski definition) is 2. The first kappa shape index (κ1) is 15.9. The molecular formula is C12H21NO6. The fourth-order valence-electron chi connectivity index (χ4n) is 1.76. The van der Waals surface area contributed by atoms with Gasteiger partial charge in [-0.3, -0.25) is 4.79 Å². The average Bonchev–Trinajstić information content (AvgIpc) is 2.87. The lowest BCUT2D eigenvalue weighted by molar-refractivity contribution is -0.151. The number of carboxylic acids is 1. The second-order valence-corrected chi connectivity index (χ2v) is 4.28. The lowest BCUT2D eigenvalue weighted by Crippen LogP contribution is -2.36. The summed E-state index contributed by atoms with van der Waals surface area (Å²) < 4.78 is 15.2. The fraction of sp³-hybridized carbons (Fsp3) is 0.833. The molecule has 19 heavy (non-hydrogen) atoms. The van der Waals surface area contributed by atoms with Gasteiger partial charge >= 0.3 is 5.97 Å². The monoisotopic (exact) mass is 275 g/mol. The summed E-state index contributed by atoms with van der Waals surface area (Å²) in [6.07, 6.45) is 0.0363. The predicted molar refractivity (Wildman–Crippen MR) is 65.9 cm³/mol. The van der Waals surface area contributed by atoms with Crippen molar-refractivity contribution in [3.05, 3.63) is 0 Å². The highest BCUT2D eigenvalue weighted by atomic mass is 16.5. The van der Waals surface area contributed by atoms with E-state index in [9.17, 15) is 9.59 Å². The van der Waals surface area contributed by atoms with Crippen LogP contribution in [0.4, 0.5) is 0 Å². The largest absolute Gasteiger partial charge is 0.479 e. The number of hydrogen-bond acceptors (Lipinski definition) is 5. The van der Waals surface area contributed by atoms with Crippen LogP contribution < -0.4 is 5.32 Å². The second-order valence-electron chi connectivity index (χ2n) is 4.28. The summed E-state index contributed by atoms with van der Waals surface area (Å²) >= 11 is 0. The van der Waals surface area contributed by atoms with Crippen LogP contribution in [0.25, 0.3) is 0 Å². The first-order chi connectivity index (χ1) is 9.15. The van der Waals surface area contributed by atoms with E-state index in [1.807, 2.05) is 0 Å². The zero-order valence-electron chi connectivity index (χ0n) is 11.1. The van der Waals surface area contributed by atoms with Gasteiger partial charge in [0.1, 0.15) is 6.10 Å². The molecule has 0 bridgehead atoms. The molecule has 7 heteroatoms. The van der Waals surface area contributed by atoms with Gasteiger partial charge in [-0.25, -0.2) is 4.79 Å². The van der Waals surface area contributed by atoms with E-state index in [0.717, 1.165) is 0 Å². The smallest absolute Gasteiger partial charge is 0.332 e. The van der Waals surface area contributed by atoms with Crippen molar-refractivity contribution in [2.75, 3.05) is 33.5 Å². The van der Waals surface area contributed by atoms with E-state index in [0.29, 0.717) is 45.6 Å². The Morgan fingerprint density at radius 1 is 1.26 bits per heavy atom. The second kappa shape index (κ2) is 8.84. The Kier molecular flexibility index (Phi) is 7.39. The number of carbonyl (C=O) groups excluding carboxylic acids is 1. The molecule has 1 fully saturated rings. The van der Waals surface area contributed by atoms with Crippen LogP contribution in [0, 0.1) is 0 Å². The first-order valence-corrected chi connectivity index (χ1v) is 6.37. The quantitative estimate of drug-likeness (QED) is 0.565. The van der Waals surface area contributed by atoms with Gasteiger partial charge in [-0.15, -0.1) is 0 Å². The fourth-order valence-corrected chi connectivity index (χ4v) is 1.76. The molecule has 1 heterocycles. The van der Waals surface area contributed by atoms with Gasteiger partial charge in [-0.05, 0) is 19.3 Å². The highest BCUT2D eigenvalue weighted by Gasteiger charge is 2.34. The van der Waals surface area contributed by atoms with Crippen LogP contribution in [0.5, 0.6) is 0 Å². The van der Waals surface area contributed by atoms with E-state index in [1.165, 1.54) is 0 Å². The van der Waals surface area contributed by atoms with Crippen molar-refractivity contribution in [2.45, 2.75) is 31.5 Å². The molecule has 2 atom stereocenters. The highest BCUT2D eigenvalue weighted by molar-refractivity contribution is 5.82. The van der Waals surface area contributed by atoms with E-state index in [4.69, 9.17) is 19.3 Å². The molecule has 1 amide bonds. The first-order valence-electron chi connectivity index (χ1n) is 6.37. The average molecular weight is 275 g/mol. The molecule has 1 rings (SSSR count). The molecule has 7 nitrogen and oxygen atoms in total. The minimum Gasteiger partial charge on any atom is -0.479 e. The zero-order valence-corrected chi connectivity index (χ0v) is 11.1. The van der Waals surface area contributed by atoms with E-state index >= 15 is 0 Å². The number of aliphatic carboxylic acids is 1. The van der Waals surface area contributed by atoms with E-state index < -0.39 is 18.2 Å². The minimum absolute atomic E-state index is 0.249. The van der Waals surface area contributed by atoms with Crippen molar-refractivity contribution in [3.8, 4) is 0 Å². The van der Waals surface area contributed by atoms with Gasteiger partial charge in [0.25, 0.3) is 0 Å². The van der Waals surface area contributed by atoms with E-state index in [-0.39, 0.29) is 5.91 Å². The molecule has 1 aliphatic rings. The molecule has 0 unspecified atom stereocenters. The number of ether oxygens (including phenoxy) is 3. The summed E-state index contributed by atoms with van der Waals surface area (Å²) in [6, 6.07) is 0. The maximum absolute atomic E-state index is 11.7. The van der Waals surface area contributed by atoms with Crippen LogP contribution >= 0.6 is 0 Å². The molecular weight excluding hydrogens is 254 g/mol. The predicted octanol–water partition coefficient (Wildman–Crippen LogP) is -0.212. The van der Waals surface area contributed by atoms with E-state index in [1.54, 1.807) is 7.11 Å². The normalized spacial score (nSPS) is 22.4. The van der Waals surface area contributed by atoms with Crippen molar-refractivity contribution in [2.24, 2.45) is 0 Å². The number of carbonyl (C=O) groups is 2. The number of nitrogens with one attached hydrogen (secondary N) is 1. The Morgan fingerprint density at radius 2 is 2.00 bits per heavy atom. The van der Waals surface area contributed by atoms with Crippen LogP contribution in [0.15, 0.2) is 0 Å². The van der Waals surface area contributed by atoms with Gasteiger partial charge in [0, 0.05) is 20.3 Å². The Morgan fingerprint density at radius 3 is 2.63 bits per heavy atom. The Balaban J connectivity index is 2.04. The molecule has 110 valence electrons. The molecule has 0 saturated carbocycles. The zero-order chi connectivity index (χ0) is 14.1. The summed E-state index contributed by atoms with van der Waals surface area (Å²) in [5.74, 6) is -1.26. The van der Waals surface area contributed by atoms with Crippen molar-refractivity contribution in [1.29, 1.82) is 0 Å². The summed E-state index contributed by atoms with van der Waals surface area (Å²) in [4.78, 5) is 22.3. The van der Waals surface area contributed by atoms with Gasteiger partial charge in [0.15, 0.2) is 6.10 Å². The summed E-state index contributed by atoms with van der Waals surface area (Å²) in [5, 5.41) is 11.5. The Hall–Kier alpha value is -1.18. The third-order valence-corrected chi connectivity index (χ3v) is 2.78. The standard InChI is InChI=1S/C12H21NO6/c1-17-7-8-18-6-2-5-13-11(14)9-3-4-10(19-9)12(15)16/h9-10H,2-8H2,1H3,(H,13,14)(H,15,16)/t9-,10+/m0/s1. The maximum Gasteiger partial charge on any atom is 0.332 e. The third kappa shape index (κ3) is 6.00. The van der Waals surface area contributed by atoms with Crippen LogP contribution in [0.3, 0.4) is 0 Å². The maximum atomic E-state index is 11.7.